The molecule has 0 aliphatic heterocycles. The number of nitrogens with one attached hydrogen (secondary N) is 3. The fraction of sp³-hybridized carbons (Fsp3) is 0.0556. The Morgan fingerprint density at radius 2 is 2.15 bits per heavy atom. The molecule has 0 aliphatic rings. The van der Waals surface area contributed by atoms with Crippen molar-refractivity contribution in [2.45, 2.75) is 6.92 Å². The number of furan rings is 1. The standard InChI is InChI=1S/C18H14BrN5O2/c1-11-10-16(22-17(25)9-7-12-6-8-15(19)26-12)24(23-11)18-20-13-4-2-3-5-14(13)21-18/h2-10H,1H3,(H2,20,21,22,23,25)/p+1. The Bertz CT molecular complexity index is 1090. The molecule has 26 heavy (non-hydrogen) atoms. The van der Waals surface area contributed by atoms with Gasteiger partial charge in [0.2, 0.25) is 5.82 Å². The van der Waals surface area contributed by atoms with Crippen molar-refractivity contribution >= 4 is 44.8 Å². The van der Waals surface area contributed by atoms with Gasteiger partial charge in [0.15, 0.2) is 10.2 Å². The highest BCUT2D eigenvalue weighted by Gasteiger charge is 2.19. The highest BCUT2D eigenvalue weighted by molar-refractivity contribution is 9.10. The van der Waals surface area contributed by atoms with Gasteiger partial charge in [0.1, 0.15) is 11.3 Å². The zero-order chi connectivity index (χ0) is 18.1. The number of aryl methyl sites for hydroxylation is 1. The van der Waals surface area contributed by atoms with Gasteiger partial charge < -0.3 is 4.42 Å². The molecule has 0 unspecified atom stereocenters. The van der Waals surface area contributed by atoms with Crippen molar-refractivity contribution in [3.05, 3.63) is 64.7 Å². The van der Waals surface area contributed by atoms with E-state index in [9.17, 15) is 4.79 Å². The molecule has 3 heterocycles. The maximum Gasteiger partial charge on any atom is 0.374 e. The first-order valence-electron chi connectivity index (χ1n) is 7.90. The van der Waals surface area contributed by atoms with E-state index < -0.39 is 0 Å². The van der Waals surface area contributed by atoms with E-state index >= 15 is 0 Å². The molecule has 0 aliphatic carbocycles. The summed E-state index contributed by atoms with van der Waals surface area (Å²) in [5.74, 6) is 1.48. The van der Waals surface area contributed by atoms with E-state index in [1.165, 1.54) is 6.08 Å². The van der Waals surface area contributed by atoms with Gasteiger partial charge in [-0.3, -0.25) is 20.2 Å². The average molecular weight is 413 g/mol. The molecule has 1 amide bonds. The molecule has 4 aromatic rings. The van der Waals surface area contributed by atoms with Crippen LogP contribution in [0.3, 0.4) is 0 Å². The van der Waals surface area contributed by atoms with Crippen LogP contribution in [0.1, 0.15) is 11.5 Å². The lowest BCUT2D eigenvalue weighted by Gasteiger charge is -1.98. The molecule has 0 atom stereocenters. The first-order chi connectivity index (χ1) is 12.6. The van der Waals surface area contributed by atoms with Crippen molar-refractivity contribution in [2.24, 2.45) is 0 Å². The summed E-state index contributed by atoms with van der Waals surface area (Å²) in [6.45, 7) is 1.91. The number of halogens is 1. The molecular formula is C18H15BrN5O2+. The van der Waals surface area contributed by atoms with Crippen LogP contribution < -0.4 is 10.00 Å². The summed E-state index contributed by atoms with van der Waals surface area (Å²) in [4.78, 5) is 20.0. The molecule has 8 heteroatoms. The molecule has 0 bridgehead atoms. The van der Waals surface area contributed by atoms with Crippen LogP contribution >= 0.6 is 15.9 Å². The number of hydrogen-bond acceptors (Lipinski definition) is 3. The molecule has 3 N–H and O–H groups in total. The van der Waals surface area contributed by atoms with Crippen LogP contribution in [0.15, 0.2) is 57.6 Å². The lowest BCUT2D eigenvalue weighted by molar-refractivity contribution is -0.648. The second-order valence-corrected chi connectivity index (χ2v) is 6.48. The summed E-state index contributed by atoms with van der Waals surface area (Å²) in [7, 11) is 0. The van der Waals surface area contributed by atoms with Crippen molar-refractivity contribution in [2.75, 3.05) is 5.32 Å². The van der Waals surface area contributed by atoms with Gasteiger partial charge in [0, 0.05) is 17.8 Å². The number of carbonyl (C=O) groups excluding carboxylic acids is 1. The molecular weight excluding hydrogens is 398 g/mol. The third-order valence-corrected chi connectivity index (χ3v) is 4.14. The van der Waals surface area contributed by atoms with Gasteiger partial charge in [-0.15, -0.1) is 9.67 Å². The summed E-state index contributed by atoms with van der Waals surface area (Å²) < 4.78 is 7.65. The minimum Gasteiger partial charge on any atom is -0.450 e. The van der Waals surface area contributed by atoms with Crippen molar-refractivity contribution in [1.82, 2.24) is 15.1 Å². The number of hydrogen-bond donors (Lipinski definition) is 3. The third kappa shape index (κ3) is 3.31. The highest BCUT2D eigenvalue weighted by atomic mass is 79.9. The van der Waals surface area contributed by atoms with Gasteiger partial charge in [-0.2, -0.15) is 0 Å². The van der Waals surface area contributed by atoms with Crippen molar-refractivity contribution < 1.29 is 13.9 Å². The zero-order valence-electron chi connectivity index (χ0n) is 13.8. The molecule has 0 fully saturated rings. The Balaban J connectivity index is 1.59. The van der Waals surface area contributed by atoms with Crippen LogP contribution in [0, 0.1) is 6.92 Å². The van der Waals surface area contributed by atoms with E-state index in [0.717, 1.165) is 16.7 Å². The van der Waals surface area contributed by atoms with Crippen molar-refractivity contribution in [3.8, 4) is 5.95 Å². The Hall–Kier alpha value is -3.13. The van der Waals surface area contributed by atoms with Crippen LogP contribution in [0.25, 0.3) is 23.1 Å². The fourth-order valence-corrected chi connectivity index (χ4v) is 2.91. The Morgan fingerprint density at radius 1 is 1.31 bits per heavy atom. The number of para-hydroxylation sites is 2. The van der Waals surface area contributed by atoms with Gasteiger partial charge in [-0.1, -0.05) is 12.1 Å². The maximum atomic E-state index is 12.2. The van der Waals surface area contributed by atoms with E-state index in [4.69, 9.17) is 4.42 Å². The smallest absolute Gasteiger partial charge is 0.374 e. The van der Waals surface area contributed by atoms with Gasteiger partial charge in [0.25, 0.3) is 5.91 Å². The predicted octanol–water partition coefficient (Wildman–Crippen LogP) is 3.48. The summed E-state index contributed by atoms with van der Waals surface area (Å²) in [5, 5.41) is 6.01. The molecule has 0 spiro atoms. The lowest BCUT2D eigenvalue weighted by Crippen LogP contribution is -2.38. The number of fused-ring (bicyclic) bond motifs is 1. The number of anilines is 1. The van der Waals surface area contributed by atoms with Gasteiger partial charge in [0.05, 0.1) is 0 Å². The van der Waals surface area contributed by atoms with E-state index in [0.29, 0.717) is 22.2 Å². The second kappa shape index (κ2) is 6.64. The normalized spacial score (nSPS) is 11.5. The first kappa shape index (κ1) is 16.3. The lowest BCUT2D eigenvalue weighted by atomic mass is 10.3. The quantitative estimate of drug-likeness (QED) is 0.354. The SMILES string of the molecule is Cc1cc(NC(=O)C=Cc2ccc(Br)o2)[n+](-c2nc3ccccc3[nH]2)[nH]1. The molecule has 0 radical (unpaired) electrons. The van der Waals surface area contributed by atoms with Crippen LogP contribution in [0.2, 0.25) is 0 Å². The van der Waals surface area contributed by atoms with Crippen molar-refractivity contribution in [1.29, 1.82) is 0 Å². The Morgan fingerprint density at radius 3 is 2.92 bits per heavy atom. The van der Waals surface area contributed by atoms with E-state index in [1.807, 2.05) is 37.3 Å². The third-order valence-electron chi connectivity index (χ3n) is 3.72. The minimum atomic E-state index is -0.276. The zero-order valence-corrected chi connectivity index (χ0v) is 15.4. The molecule has 4 rings (SSSR count). The average Bonchev–Trinajstić information content (AvgIpc) is 3.31. The summed E-state index contributed by atoms with van der Waals surface area (Å²) in [5.41, 5.74) is 2.66. The molecule has 0 saturated carbocycles. The summed E-state index contributed by atoms with van der Waals surface area (Å²) >= 11 is 3.23. The first-order valence-corrected chi connectivity index (χ1v) is 8.69. The number of amides is 1. The van der Waals surface area contributed by atoms with E-state index in [2.05, 4.69) is 36.3 Å². The highest BCUT2D eigenvalue weighted by Crippen LogP contribution is 2.15. The molecule has 7 nitrogen and oxygen atoms in total. The number of rotatable bonds is 4. The Labute approximate surface area is 156 Å². The van der Waals surface area contributed by atoms with Gasteiger partial charge in [-0.25, -0.2) is 0 Å². The van der Waals surface area contributed by atoms with E-state index in [1.54, 1.807) is 22.9 Å². The Kier molecular flexibility index (Phi) is 4.18. The molecule has 1 aromatic carbocycles. The number of imidazole rings is 1. The minimum absolute atomic E-state index is 0.276. The summed E-state index contributed by atoms with van der Waals surface area (Å²) in [6, 6.07) is 13.1. The van der Waals surface area contributed by atoms with Gasteiger partial charge in [-0.05, 0) is 53.2 Å². The van der Waals surface area contributed by atoms with Crippen LogP contribution in [-0.4, -0.2) is 21.0 Å². The number of nitrogens with zero attached hydrogens (tertiary/aromatic N) is 2. The van der Waals surface area contributed by atoms with Crippen molar-refractivity contribution in [3.63, 3.8) is 0 Å². The predicted molar refractivity (Wildman–Crippen MR) is 101 cm³/mol. The number of benzene rings is 1. The monoisotopic (exact) mass is 412 g/mol. The van der Waals surface area contributed by atoms with Crippen LogP contribution in [0.5, 0.6) is 0 Å². The molecule has 0 saturated heterocycles. The number of aromatic nitrogens is 4. The van der Waals surface area contributed by atoms with E-state index in [-0.39, 0.29) is 5.91 Å². The molecule has 130 valence electrons. The summed E-state index contributed by atoms with van der Waals surface area (Å²) in [6.07, 6.45) is 3.02. The van der Waals surface area contributed by atoms with Gasteiger partial charge >= 0.3 is 5.95 Å². The number of carbonyl (C=O) groups is 1. The maximum absolute atomic E-state index is 12.2. The fourth-order valence-electron chi connectivity index (χ4n) is 2.59. The van der Waals surface area contributed by atoms with Crippen LogP contribution in [-0.2, 0) is 4.79 Å². The van der Waals surface area contributed by atoms with Crippen LogP contribution in [0.4, 0.5) is 5.82 Å². The molecule has 3 aromatic heterocycles. The second-order valence-electron chi connectivity index (χ2n) is 5.70. The largest absolute Gasteiger partial charge is 0.450 e. The number of H-pyrrole nitrogens is 2. The topological polar surface area (TPSA) is 90.6 Å². The number of aromatic amines is 2.